The fourth-order valence-corrected chi connectivity index (χ4v) is 4.82. The lowest BCUT2D eigenvalue weighted by atomic mass is 9.97. The van der Waals surface area contributed by atoms with Gasteiger partial charge in [0.15, 0.2) is 11.5 Å². The van der Waals surface area contributed by atoms with Crippen molar-refractivity contribution in [2.24, 2.45) is 24.4 Å². The van der Waals surface area contributed by atoms with Gasteiger partial charge >= 0.3 is 0 Å². The highest BCUT2D eigenvalue weighted by Gasteiger charge is 2.25. The Morgan fingerprint density at radius 1 is 1.25 bits per heavy atom. The van der Waals surface area contributed by atoms with E-state index < -0.39 is 11.8 Å². The van der Waals surface area contributed by atoms with Crippen molar-refractivity contribution < 1.29 is 9.59 Å². The highest BCUT2D eigenvalue weighted by atomic mass is 32.1. The third kappa shape index (κ3) is 4.16. The molecular formula is C21H26N8O2S. The molecule has 0 saturated carbocycles. The lowest BCUT2D eigenvalue weighted by molar-refractivity contribution is 0.0998. The van der Waals surface area contributed by atoms with E-state index in [9.17, 15) is 9.59 Å². The molecule has 1 aromatic carbocycles. The maximum Gasteiger partial charge on any atom is 0.277 e. The number of thiazole rings is 1. The van der Waals surface area contributed by atoms with Crippen LogP contribution in [-0.2, 0) is 7.05 Å². The summed E-state index contributed by atoms with van der Waals surface area (Å²) >= 11 is 1.13. The number of carbonyl (C=O) groups is 2. The van der Waals surface area contributed by atoms with E-state index in [4.69, 9.17) is 17.2 Å². The van der Waals surface area contributed by atoms with Crippen LogP contribution in [0.2, 0.25) is 0 Å². The Kier molecular flexibility index (Phi) is 6.10. The monoisotopic (exact) mass is 454 g/mol. The smallest absolute Gasteiger partial charge is 0.277 e. The fraction of sp³-hybridized carbons (Fsp3) is 0.333. The molecule has 0 aliphatic carbocycles. The predicted molar refractivity (Wildman–Crippen MR) is 126 cm³/mol. The van der Waals surface area contributed by atoms with Gasteiger partial charge in [-0.05, 0) is 31.4 Å². The zero-order valence-electron chi connectivity index (χ0n) is 17.7. The Balaban J connectivity index is 1.57. The van der Waals surface area contributed by atoms with E-state index >= 15 is 0 Å². The molecule has 1 aliphatic rings. The first kappa shape index (κ1) is 21.8. The number of nitrogen functional groups attached to an aromatic ring is 1. The summed E-state index contributed by atoms with van der Waals surface area (Å²) in [6, 6.07) is 6.83. The summed E-state index contributed by atoms with van der Waals surface area (Å²) in [5.74, 6) is 0.349. The molecule has 1 saturated heterocycles. The molecule has 3 aromatic rings. The molecule has 1 fully saturated rings. The molecule has 3 heterocycles. The molecule has 10 nitrogen and oxygen atoms in total. The van der Waals surface area contributed by atoms with Crippen LogP contribution in [0, 0.1) is 5.92 Å². The molecule has 4 rings (SSSR count). The summed E-state index contributed by atoms with van der Waals surface area (Å²) in [6.45, 7) is 2.38. The van der Waals surface area contributed by atoms with Crippen molar-refractivity contribution in [3.63, 3.8) is 0 Å². The summed E-state index contributed by atoms with van der Waals surface area (Å²) in [5, 5.41) is 7.93. The second-order valence-electron chi connectivity index (χ2n) is 7.77. The van der Waals surface area contributed by atoms with Gasteiger partial charge in [-0.25, -0.2) is 4.98 Å². The van der Waals surface area contributed by atoms with Crippen LogP contribution in [0.5, 0.6) is 0 Å². The van der Waals surface area contributed by atoms with Gasteiger partial charge in [0.1, 0.15) is 15.7 Å². The van der Waals surface area contributed by atoms with Crippen LogP contribution in [0.4, 0.5) is 16.5 Å². The number of hydrogen-bond donors (Lipinski definition) is 4. The van der Waals surface area contributed by atoms with E-state index in [1.165, 1.54) is 0 Å². The number of amides is 2. The van der Waals surface area contributed by atoms with Crippen LogP contribution in [0.3, 0.4) is 0 Å². The zero-order valence-corrected chi connectivity index (χ0v) is 18.6. The minimum Gasteiger partial charge on any atom is -0.389 e. The topological polar surface area (TPSA) is 158 Å². The summed E-state index contributed by atoms with van der Waals surface area (Å²) in [7, 11) is 1.84. The maximum absolute atomic E-state index is 13.0. The number of benzene rings is 1. The van der Waals surface area contributed by atoms with Gasteiger partial charge in [0, 0.05) is 31.3 Å². The van der Waals surface area contributed by atoms with E-state index in [2.05, 4.69) is 20.3 Å². The minimum atomic E-state index is -0.571. The number of primary amides is 1. The van der Waals surface area contributed by atoms with Crippen LogP contribution in [-0.4, -0.2) is 46.2 Å². The molecule has 32 heavy (non-hydrogen) atoms. The lowest BCUT2D eigenvalue weighted by Crippen LogP contribution is -2.37. The molecule has 0 atom stereocenters. The van der Waals surface area contributed by atoms with E-state index in [0.29, 0.717) is 34.3 Å². The highest BCUT2D eigenvalue weighted by molar-refractivity contribution is 7.19. The third-order valence-electron chi connectivity index (χ3n) is 5.69. The van der Waals surface area contributed by atoms with Gasteiger partial charge in [-0.3, -0.25) is 14.3 Å². The average Bonchev–Trinajstić information content (AvgIpc) is 3.36. The quantitative estimate of drug-likeness (QED) is 0.441. The summed E-state index contributed by atoms with van der Waals surface area (Å²) in [5.41, 5.74) is 18.9. The number of nitrogens with one attached hydrogen (secondary N) is 1. The summed E-state index contributed by atoms with van der Waals surface area (Å²) in [6.07, 6.45) is 3.61. The molecule has 2 aromatic heterocycles. The number of aryl methyl sites for hydroxylation is 1. The number of carbonyl (C=O) groups excluding carboxylic acids is 2. The number of aromatic nitrogens is 3. The first-order valence-corrected chi connectivity index (χ1v) is 11.1. The number of anilines is 3. The van der Waals surface area contributed by atoms with Crippen molar-refractivity contribution in [2.75, 3.05) is 35.6 Å². The molecule has 7 N–H and O–H groups in total. The zero-order chi connectivity index (χ0) is 22.8. The lowest BCUT2D eigenvalue weighted by Gasteiger charge is -2.33. The van der Waals surface area contributed by atoms with Crippen LogP contribution >= 0.6 is 11.3 Å². The highest BCUT2D eigenvalue weighted by Crippen LogP contribution is 2.34. The SMILES string of the molecule is Cn1ncc(NC(=O)c2nc(-c3ccccc3C(N)=O)sc2N)c1N1CCC(CN)CC1. The first-order valence-electron chi connectivity index (χ1n) is 10.3. The van der Waals surface area contributed by atoms with E-state index in [1.54, 1.807) is 35.1 Å². The van der Waals surface area contributed by atoms with Gasteiger partial charge < -0.3 is 27.4 Å². The van der Waals surface area contributed by atoms with Crippen molar-refractivity contribution in [2.45, 2.75) is 12.8 Å². The van der Waals surface area contributed by atoms with Crippen molar-refractivity contribution >= 4 is 39.7 Å². The molecule has 0 spiro atoms. The van der Waals surface area contributed by atoms with Crippen LogP contribution < -0.4 is 27.4 Å². The standard InChI is InChI=1S/C21H26N8O2S/c1-28-21(29-8-6-12(10-22)7-9-29)15(11-25-28)26-19(31)16-18(24)32-20(27-16)14-5-3-2-4-13(14)17(23)30/h2-5,11-12H,6-10,22,24H2,1H3,(H2,23,30)(H,26,31). The summed E-state index contributed by atoms with van der Waals surface area (Å²) < 4.78 is 1.75. The van der Waals surface area contributed by atoms with Gasteiger partial charge in [0.25, 0.3) is 5.91 Å². The van der Waals surface area contributed by atoms with Gasteiger partial charge in [-0.2, -0.15) is 5.10 Å². The Morgan fingerprint density at radius 2 is 1.97 bits per heavy atom. The maximum atomic E-state index is 13.0. The first-order chi connectivity index (χ1) is 15.4. The van der Waals surface area contributed by atoms with E-state index in [-0.39, 0.29) is 10.7 Å². The summed E-state index contributed by atoms with van der Waals surface area (Å²) in [4.78, 5) is 31.4. The van der Waals surface area contributed by atoms with Gasteiger partial charge in [0.2, 0.25) is 5.91 Å². The number of hydrogen-bond acceptors (Lipinski definition) is 8. The van der Waals surface area contributed by atoms with Crippen molar-refractivity contribution in [1.29, 1.82) is 0 Å². The molecule has 2 amide bonds. The second kappa shape index (κ2) is 8.97. The van der Waals surface area contributed by atoms with Crippen LogP contribution in [0.25, 0.3) is 10.6 Å². The molecule has 11 heteroatoms. The van der Waals surface area contributed by atoms with Gasteiger partial charge in [-0.15, -0.1) is 0 Å². The fourth-order valence-electron chi connectivity index (χ4n) is 3.95. The molecule has 1 aliphatic heterocycles. The van der Waals surface area contributed by atoms with Gasteiger partial charge in [0.05, 0.1) is 6.20 Å². The number of nitrogens with zero attached hydrogens (tertiary/aromatic N) is 4. The van der Waals surface area contributed by atoms with E-state index in [0.717, 1.165) is 43.1 Å². The second-order valence-corrected chi connectivity index (χ2v) is 8.80. The number of rotatable bonds is 6. The van der Waals surface area contributed by atoms with Crippen LogP contribution in [0.15, 0.2) is 30.5 Å². The molecule has 168 valence electrons. The van der Waals surface area contributed by atoms with Crippen molar-refractivity contribution in [1.82, 2.24) is 14.8 Å². The average molecular weight is 455 g/mol. The Hall–Kier alpha value is -3.44. The van der Waals surface area contributed by atoms with Crippen LogP contribution in [0.1, 0.15) is 33.7 Å². The number of nitrogens with two attached hydrogens (primary N) is 3. The van der Waals surface area contributed by atoms with Crippen molar-refractivity contribution in [3.8, 4) is 10.6 Å². The normalized spacial score (nSPS) is 14.5. The predicted octanol–water partition coefficient (Wildman–Crippen LogP) is 1.65. The minimum absolute atomic E-state index is 0.0981. The molecule has 0 radical (unpaired) electrons. The Morgan fingerprint density at radius 3 is 2.66 bits per heavy atom. The van der Waals surface area contributed by atoms with Crippen molar-refractivity contribution in [3.05, 3.63) is 41.7 Å². The Labute approximate surface area is 189 Å². The van der Waals surface area contributed by atoms with Gasteiger partial charge in [-0.1, -0.05) is 29.5 Å². The van der Waals surface area contributed by atoms with E-state index in [1.807, 2.05) is 7.05 Å². The number of piperidine rings is 1. The molecule has 0 bridgehead atoms. The third-order valence-corrected chi connectivity index (χ3v) is 6.61. The molecule has 0 unspecified atom stereocenters. The largest absolute Gasteiger partial charge is 0.389 e. The molecular weight excluding hydrogens is 428 g/mol. The Bertz CT molecular complexity index is 1150.